The van der Waals surface area contributed by atoms with Crippen LogP contribution in [0, 0.1) is 18.6 Å². The summed E-state index contributed by atoms with van der Waals surface area (Å²) in [5.74, 6) is 0.867. The van der Waals surface area contributed by atoms with Crippen molar-refractivity contribution in [1.82, 2.24) is 19.2 Å². The first-order valence-electron chi connectivity index (χ1n) is 8.51. The highest BCUT2D eigenvalue weighted by molar-refractivity contribution is 7.71. The molecule has 0 atom stereocenters. The molecule has 136 valence electrons. The maximum Gasteiger partial charge on any atom is 0.203 e. The van der Waals surface area contributed by atoms with E-state index in [2.05, 4.69) is 61.2 Å². The third kappa shape index (κ3) is 4.03. The molecule has 1 heterocycles. The number of aryl methyl sites for hydroxylation is 2. The number of ether oxygens (including phenoxy) is 1. The summed E-state index contributed by atoms with van der Waals surface area (Å²) in [5.41, 5.74) is 4.72. The smallest absolute Gasteiger partial charge is 0.203 e. The Morgan fingerprint density at radius 1 is 1.12 bits per heavy atom. The van der Waals surface area contributed by atoms with E-state index in [1.54, 1.807) is 13.4 Å². The van der Waals surface area contributed by atoms with Gasteiger partial charge in [0.25, 0.3) is 0 Å². The van der Waals surface area contributed by atoms with Gasteiger partial charge in [-0.05, 0) is 62.4 Å². The zero-order valence-electron chi connectivity index (χ0n) is 15.6. The van der Waals surface area contributed by atoms with Crippen LogP contribution in [-0.4, -0.2) is 33.4 Å². The van der Waals surface area contributed by atoms with Crippen LogP contribution in [0.3, 0.4) is 0 Å². The van der Waals surface area contributed by atoms with Gasteiger partial charge in [0.05, 0.1) is 19.5 Å². The van der Waals surface area contributed by atoms with E-state index in [1.807, 2.05) is 21.4 Å². The number of benzene rings is 2. The Labute approximate surface area is 159 Å². The summed E-state index contributed by atoms with van der Waals surface area (Å²) in [5, 5.41) is 4.48. The number of nitrogens with zero attached hydrogens (tertiary/aromatic N) is 4. The van der Waals surface area contributed by atoms with Crippen LogP contribution in [0.2, 0.25) is 0 Å². The molecule has 26 heavy (non-hydrogen) atoms. The second-order valence-electron chi connectivity index (χ2n) is 6.58. The Morgan fingerprint density at radius 2 is 1.85 bits per heavy atom. The molecule has 1 aromatic heterocycles. The number of aromatic nitrogens is 3. The fourth-order valence-electron chi connectivity index (χ4n) is 3.00. The molecule has 0 unspecified atom stereocenters. The second kappa shape index (κ2) is 7.85. The largest absolute Gasteiger partial charge is 0.497 e. The maximum absolute atomic E-state index is 5.64. The molecule has 0 aliphatic carbocycles. The fourth-order valence-corrected chi connectivity index (χ4v) is 3.25. The average Bonchev–Trinajstić information content (AvgIpc) is 2.96. The highest BCUT2D eigenvalue weighted by Gasteiger charge is 2.09. The predicted molar refractivity (Wildman–Crippen MR) is 106 cm³/mol. The standard InChI is InChI=1S/C20H24N4OS/c1-15-5-10-19(16(2)11-15)23-13-21-24(20(23)26)14-22(3)12-17-6-8-18(25-4)9-7-17/h5-11,13H,12,14H2,1-4H3. The highest BCUT2D eigenvalue weighted by Crippen LogP contribution is 2.17. The van der Waals surface area contributed by atoms with E-state index in [-0.39, 0.29) is 0 Å². The minimum absolute atomic E-state index is 0.628. The first-order valence-corrected chi connectivity index (χ1v) is 8.92. The van der Waals surface area contributed by atoms with Crippen LogP contribution in [0.4, 0.5) is 0 Å². The minimum atomic E-state index is 0.628. The van der Waals surface area contributed by atoms with Gasteiger partial charge in [-0.3, -0.25) is 9.47 Å². The molecule has 2 aromatic carbocycles. The molecule has 0 aliphatic heterocycles. The van der Waals surface area contributed by atoms with Crippen LogP contribution in [0.15, 0.2) is 48.8 Å². The van der Waals surface area contributed by atoms with Crippen LogP contribution >= 0.6 is 12.2 Å². The quantitative estimate of drug-likeness (QED) is 0.613. The van der Waals surface area contributed by atoms with Crippen molar-refractivity contribution < 1.29 is 4.74 Å². The Morgan fingerprint density at radius 3 is 2.50 bits per heavy atom. The lowest BCUT2D eigenvalue weighted by atomic mass is 10.1. The maximum atomic E-state index is 5.64. The molecule has 6 heteroatoms. The molecule has 0 bridgehead atoms. The summed E-state index contributed by atoms with van der Waals surface area (Å²) in [4.78, 5) is 2.18. The lowest BCUT2D eigenvalue weighted by Gasteiger charge is -2.16. The van der Waals surface area contributed by atoms with E-state index in [4.69, 9.17) is 17.0 Å². The van der Waals surface area contributed by atoms with Crippen molar-refractivity contribution in [2.75, 3.05) is 14.2 Å². The fraction of sp³-hybridized carbons (Fsp3) is 0.300. The summed E-state index contributed by atoms with van der Waals surface area (Å²) in [6.07, 6.45) is 1.79. The molecule has 5 nitrogen and oxygen atoms in total. The molecule has 0 spiro atoms. The highest BCUT2D eigenvalue weighted by atomic mass is 32.1. The van der Waals surface area contributed by atoms with E-state index in [1.165, 1.54) is 16.7 Å². The van der Waals surface area contributed by atoms with Crippen molar-refractivity contribution in [3.8, 4) is 11.4 Å². The zero-order chi connectivity index (χ0) is 18.7. The van der Waals surface area contributed by atoms with Crippen molar-refractivity contribution in [2.24, 2.45) is 0 Å². The number of methoxy groups -OCH3 is 1. The lowest BCUT2D eigenvalue weighted by Crippen LogP contribution is -2.22. The molecule has 0 amide bonds. The minimum Gasteiger partial charge on any atom is -0.497 e. The monoisotopic (exact) mass is 368 g/mol. The van der Waals surface area contributed by atoms with Crippen molar-refractivity contribution in [3.63, 3.8) is 0 Å². The molecular weight excluding hydrogens is 344 g/mol. The van der Waals surface area contributed by atoms with Crippen molar-refractivity contribution in [3.05, 3.63) is 70.3 Å². The van der Waals surface area contributed by atoms with Gasteiger partial charge in [0, 0.05) is 6.54 Å². The summed E-state index contributed by atoms with van der Waals surface area (Å²) in [6, 6.07) is 14.4. The first kappa shape index (κ1) is 18.4. The van der Waals surface area contributed by atoms with Crippen molar-refractivity contribution in [1.29, 1.82) is 0 Å². The molecule has 0 aliphatic rings. The van der Waals surface area contributed by atoms with E-state index in [9.17, 15) is 0 Å². The average molecular weight is 369 g/mol. The van der Waals surface area contributed by atoms with Gasteiger partial charge >= 0.3 is 0 Å². The molecule has 3 rings (SSSR count). The van der Waals surface area contributed by atoms with Gasteiger partial charge in [0.15, 0.2) is 0 Å². The van der Waals surface area contributed by atoms with Gasteiger partial charge < -0.3 is 4.74 Å². The molecular formula is C20H24N4OS. The first-order chi connectivity index (χ1) is 12.5. The summed E-state index contributed by atoms with van der Waals surface area (Å²) < 4.78 is 9.71. The van der Waals surface area contributed by atoms with E-state index in [0.29, 0.717) is 11.4 Å². The van der Waals surface area contributed by atoms with Crippen LogP contribution in [0.1, 0.15) is 16.7 Å². The normalized spacial score (nSPS) is 11.1. The lowest BCUT2D eigenvalue weighted by molar-refractivity contribution is 0.244. The van der Waals surface area contributed by atoms with Crippen LogP contribution in [-0.2, 0) is 13.2 Å². The SMILES string of the molecule is COc1ccc(CN(C)Cn2ncn(-c3ccc(C)cc3C)c2=S)cc1. The van der Waals surface area contributed by atoms with E-state index < -0.39 is 0 Å². The topological polar surface area (TPSA) is 35.2 Å². The summed E-state index contributed by atoms with van der Waals surface area (Å²) >= 11 is 5.64. The Balaban J connectivity index is 1.74. The van der Waals surface area contributed by atoms with Crippen molar-refractivity contribution >= 4 is 12.2 Å². The van der Waals surface area contributed by atoms with Gasteiger partial charge in [0.1, 0.15) is 12.1 Å². The van der Waals surface area contributed by atoms with Gasteiger partial charge in [-0.25, -0.2) is 4.68 Å². The van der Waals surface area contributed by atoms with Gasteiger partial charge in [0.2, 0.25) is 4.77 Å². The van der Waals surface area contributed by atoms with E-state index >= 15 is 0 Å². The molecule has 0 N–H and O–H groups in total. The molecule has 0 fully saturated rings. The van der Waals surface area contributed by atoms with Gasteiger partial charge in [-0.1, -0.05) is 29.8 Å². The van der Waals surface area contributed by atoms with Crippen LogP contribution < -0.4 is 4.74 Å². The number of rotatable bonds is 6. The molecule has 0 saturated carbocycles. The third-order valence-electron chi connectivity index (χ3n) is 4.33. The molecule has 0 radical (unpaired) electrons. The van der Waals surface area contributed by atoms with Gasteiger partial charge in [-0.2, -0.15) is 5.10 Å². The van der Waals surface area contributed by atoms with E-state index in [0.717, 1.165) is 18.0 Å². The zero-order valence-corrected chi connectivity index (χ0v) is 16.5. The van der Waals surface area contributed by atoms with Crippen LogP contribution in [0.25, 0.3) is 5.69 Å². The second-order valence-corrected chi connectivity index (χ2v) is 6.94. The summed E-state index contributed by atoms with van der Waals surface area (Å²) in [7, 11) is 3.73. The Bertz CT molecular complexity index is 943. The Hall–Kier alpha value is -2.44. The summed E-state index contributed by atoms with van der Waals surface area (Å²) in [6.45, 7) is 5.62. The van der Waals surface area contributed by atoms with Crippen molar-refractivity contribution in [2.45, 2.75) is 27.1 Å². The number of hydrogen-bond donors (Lipinski definition) is 0. The van der Waals surface area contributed by atoms with Gasteiger partial charge in [-0.15, -0.1) is 0 Å². The third-order valence-corrected chi connectivity index (χ3v) is 4.74. The predicted octanol–water partition coefficient (Wildman–Crippen LogP) is 4.12. The Kier molecular flexibility index (Phi) is 5.54. The molecule has 3 aromatic rings. The van der Waals surface area contributed by atoms with Crippen LogP contribution in [0.5, 0.6) is 5.75 Å². The molecule has 0 saturated heterocycles. The number of hydrogen-bond acceptors (Lipinski definition) is 4.